The molecule has 0 aromatic heterocycles. The van der Waals surface area contributed by atoms with Crippen LogP contribution in [0.25, 0.3) is 0 Å². The Morgan fingerprint density at radius 2 is 2.06 bits per heavy atom. The second-order valence-corrected chi connectivity index (χ2v) is 5.02. The number of nitrogens with zero attached hydrogens (tertiary/aromatic N) is 2. The van der Waals surface area contributed by atoms with Gasteiger partial charge in [0.05, 0.1) is 5.92 Å². The van der Waals surface area contributed by atoms with Crippen molar-refractivity contribution in [2.45, 2.75) is 45.6 Å². The van der Waals surface area contributed by atoms with Crippen molar-refractivity contribution in [1.29, 1.82) is 0 Å². The van der Waals surface area contributed by atoms with Crippen LogP contribution in [0.15, 0.2) is 5.16 Å². The first-order chi connectivity index (χ1) is 7.99. The number of amidine groups is 1. The maximum absolute atomic E-state index is 12.1. The summed E-state index contributed by atoms with van der Waals surface area (Å²) in [5.41, 5.74) is 5.47. The molecule has 0 aromatic rings. The highest BCUT2D eigenvalue weighted by atomic mass is 16.4. The van der Waals surface area contributed by atoms with Gasteiger partial charge in [-0.3, -0.25) is 4.79 Å². The second kappa shape index (κ2) is 5.89. The van der Waals surface area contributed by atoms with Crippen LogP contribution in [0.1, 0.15) is 39.5 Å². The smallest absolute Gasteiger partial charge is 0.233 e. The van der Waals surface area contributed by atoms with E-state index < -0.39 is 5.92 Å². The molecule has 1 fully saturated rings. The van der Waals surface area contributed by atoms with Crippen molar-refractivity contribution >= 4 is 11.7 Å². The van der Waals surface area contributed by atoms with E-state index in [0.717, 1.165) is 6.42 Å². The van der Waals surface area contributed by atoms with Crippen molar-refractivity contribution in [3.05, 3.63) is 0 Å². The number of hydrogen-bond donors (Lipinski definition) is 2. The summed E-state index contributed by atoms with van der Waals surface area (Å²) in [7, 11) is 1.82. The van der Waals surface area contributed by atoms with E-state index in [0.29, 0.717) is 5.92 Å². The molecule has 98 valence electrons. The highest BCUT2D eigenvalue weighted by Gasteiger charge is 2.31. The third kappa shape index (κ3) is 3.11. The lowest BCUT2D eigenvalue weighted by atomic mass is 9.84. The molecule has 17 heavy (non-hydrogen) atoms. The Bertz CT molecular complexity index is 304. The Morgan fingerprint density at radius 3 is 2.59 bits per heavy atom. The highest BCUT2D eigenvalue weighted by molar-refractivity contribution is 6.01. The molecule has 0 radical (unpaired) electrons. The predicted octanol–water partition coefficient (Wildman–Crippen LogP) is 1.41. The van der Waals surface area contributed by atoms with Crippen molar-refractivity contribution in [1.82, 2.24) is 4.90 Å². The molecule has 3 N–H and O–H groups in total. The van der Waals surface area contributed by atoms with Crippen LogP contribution < -0.4 is 5.73 Å². The van der Waals surface area contributed by atoms with Crippen molar-refractivity contribution < 1.29 is 10.0 Å². The molecule has 1 aliphatic rings. The third-order valence-electron chi connectivity index (χ3n) is 3.84. The summed E-state index contributed by atoms with van der Waals surface area (Å²) in [5, 5.41) is 11.5. The lowest BCUT2D eigenvalue weighted by molar-refractivity contribution is -0.135. The molecule has 1 rings (SSSR count). The van der Waals surface area contributed by atoms with E-state index in [-0.39, 0.29) is 17.8 Å². The minimum atomic E-state index is -0.556. The number of amides is 1. The van der Waals surface area contributed by atoms with Crippen molar-refractivity contribution in [3.8, 4) is 0 Å². The van der Waals surface area contributed by atoms with Gasteiger partial charge in [-0.2, -0.15) is 0 Å². The van der Waals surface area contributed by atoms with Gasteiger partial charge in [0, 0.05) is 13.1 Å². The van der Waals surface area contributed by atoms with Crippen molar-refractivity contribution in [2.75, 3.05) is 7.05 Å². The van der Waals surface area contributed by atoms with E-state index in [1.54, 1.807) is 11.8 Å². The first-order valence-electron chi connectivity index (χ1n) is 6.23. The zero-order valence-corrected chi connectivity index (χ0v) is 10.9. The zero-order valence-electron chi connectivity index (χ0n) is 10.9. The van der Waals surface area contributed by atoms with Crippen molar-refractivity contribution in [3.63, 3.8) is 0 Å². The van der Waals surface area contributed by atoms with Gasteiger partial charge >= 0.3 is 0 Å². The Morgan fingerprint density at radius 1 is 1.47 bits per heavy atom. The fourth-order valence-corrected chi connectivity index (χ4v) is 2.55. The number of rotatable bonds is 3. The van der Waals surface area contributed by atoms with Gasteiger partial charge in [-0.05, 0) is 25.7 Å². The molecular formula is C12H23N3O2. The predicted molar refractivity (Wildman–Crippen MR) is 66.8 cm³/mol. The Hall–Kier alpha value is -1.26. The second-order valence-electron chi connectivity index (χ2n) is 5.02. The monoisotopic (exact) mass is 241 g/mol. The Kier molecular flexibility index (Phi) is 4.78. The molecule has 0 saturated heterocycles. The fourth-order valence-electron chi connectivity index (χ4n) is 2.55. The molecule has 5 nitrogen and oxygen atoms in total. The van der Waals surface area contributed by atoms with Gasteiger partial charge in [-0.1, -0.05) is 24.9 Å². The summed E-state index contributed by atoms with van der Waals surface area (Å²) in [6.45, 7) is 3.85. The first-order valence-corrected chi connectivity index (χ1v) is 6.23. The minimum absolute atomic E-state index is 0.0229. The van der Waals surface area contributed by atoms with Gasteiger partial charge in [0.15, 0.2) is 5.84 Å². The number of carbonyl (C=O) groups excluding carboxylic acids is 1. The number of carbonyl (C=O) groups is 1. The molecule has 0 heterocycles. The van der Waals surface area contributed by atoms with Crippen LogP contribution in [0.4, 0.5) is 0 Å². The molecule has 0 aliphatic heterocycles. The molecule has 1 saturated carbocycles. The van der Waals surface area contributed by atoms with Crippen LogP contribution in [-0.4, -0.2) is 34.9 Å². The third-order valence-corrected chi connectivity index (χ3v) is 3.84. The first kappa shape index (κ1) is 13.8. The summed E-state index contributed by atoms with van der Waals surface area (Å²) in [6, 6.07) is 0.283. The lowest BCUT2D eigenvalue weighted by Gasteiger charge is -2.37. The maximum atomic E-state index is 12.1. The van der Waals surface area contributed by atoms with Crippen LogP contribution in [0.5, 0.6) is 0 Å². The van der Waals surface area contributed by atoms with Gasteiger partial charge in [0.1, 0.15) is 0 Å². The van der Waals surface area contributed by atoms with E-state index in [1.807, 2.05) is 7.05 Å². The summed E-state index contributed by atoms with van der Waals surface area (Å²) in [6.07, 6.45) is 4.63. The lowest BCUT2D eigenvalue weighted by Crippen LogP contribution is -2.47. The quantitative estimate of drug-likeness (QED) is 0.339. The molecule has 1 amide bonds. The SMILES string of the molecule is CC(C(=O)N(C)C1CCCCC1C)C(N)=NO. The van der Waals surface area contributed by atoms with E-state index in [2.05, 4.69) is 12.1 Å². The average molecular weight is 241 g/mol. The van der Waals surface area contributed by atoms with Crippen molar-refractivity contribution in [2.24, 2.45) is 22.7 Å². The van der Waals surface area contributed by atoms with Crippen LogP contribution in [0, 0.1) is 11.8 Å². The van der Waals surface area contributed by atoms with Gasteiger partial charge in [-0.15, -0.1) is 0 Å². The topological polar surface area (TPSA) is 78.9 Å². The molecule has 0 spiro atoms. The Balaban J connectivity index is 2.68. The van der Waals surface area contributed by atoms with Gasteiger partial charge < -0.3 is 15.8 Å². The number of hydrogen-bond acceptors (Lipinski definition) is 3. The summed E-state index contributed by atoms with van der Waals surface area (Å²) >= 11 is 0. The number of nitrogens with two attached hydrogens (primary N) is 1. The largest absolute Gasteiger partial charge is 0.409 e. The van der Waals surface area contributed by atoms with Gasteiger partial charge in [0.25, 0.3) is 0 Å². The number of oxime groups is 1. The highest BCUT2D eigenvalue weighted by Crippen LogP contribution is 2.28. The van der Waals surface area contributed by atoms with Crippen LogP contribution in [0.3, 0.4) is 0 Å². The van der Waals surface area contributed by atoms with E-state index in [9.17, 15) is 4.79 Å². The maximum Gasteiger partial charge on any atom is 0.233 e. The molecule has 3 atom stereocenters. The van der Waals surface area contributed by atoms with E-state index in [4.69, 9.17) is 10.9 Å². The zero-order chi connectivity index (χ0) is 13.0. The Labute approximate surface area is 103 Å². The standard InChI is InChI=1S/C12H23N3O2/c1-8-6-4-5-7-10(8)15(3)12(16)9(2)11(13)14-17/h8-10,17H,4-7H2,1-3H3,(H2,13,14). The van der Waals surface area contributed by atoms with Crippen LogP contribution in [-0.2, 0) is 4.79 Å². The van der Waals surface area contributed by atoms with E-state index in [1.165, 1.54) is 19.3 Å². The summed E-state index contributed by atoms with van der Waals surface area (Å²) < 4.78 is 0. The average Bonchev–Trinajstić information content (AvgIpc) is 2.35. The van der Waals surface area contributed by atoms with Crippen LogP contribution in [0.2, 0.25) is 0 Å². The fraction of sp³-hybridized carbons (Fsp3) is 0.833. The van der Waals surface area contributed by atoms with Gasteiger partial charge in [-0.25, -0.2) is 0 Å². The molecule has 0 bridgehead atoms. The summed E-state index contributed by atoms with van der Waals surface area (Å²) in [4.78, 5) is 13.9. The van der Waals surface area contributed by atoms with E-state index >= 15 is 0 Å². The molecule has 0 aromatic carbocycles. The van der Waals surface area contributed by atoms with Gasteiger partial charge in [0.2, 0.25) is 5.91 Å². The van der Waals surface area contributed by atoms with Crippen LogP contribution >= 0.6 is 0 Å². The minimum Gasteiger partial charge on any atom is -0.409 e. The normalized spacial score (nSPS) is 27.6. The molecule has 1 aliphatic carbocycles. The summed E-state index contributed by atoms with van der Waals surface area (Å²) in [5.74, 6) is -0.124. The molecular weight excluding hydrogens is 218 g/mol. The molecule has 3 unspecified atom stereocenters. The molecule has 5 heteroatoms.